The van der Waals surface area contributed by atoms with Gasteiger partial charge in [-0.1, -0.05) is 37.0 Å². The lowest BCUT2D eigenvalue weighted by molar-refractivity contribution is -0.118. The molecule has 110 valence electrons. The topological polar surface area (TPSA) is 54.0 Å². The van der Waals surface area contributed by atoms with Crippen LogP contribution in [0.5, 0.6) is 0 Å². The Kier molecular flexibility index (Phi) is 5.04. The molecule has 0 aliphatic rings. The van der Waals surface area contributed by atoms with Gasteiger partial charge >= 0.3 is 0 Å². The summed E-state index contributed by atoms with van der Waals surface area (Å²) in [6.07, 6.45) is 1.60. The number of halogens is 2. The first-order valence-corrected chi connectivity index (χ1v) is 7.20. The molecule has 0 spiro atoms. The van der Waals surface area contributed by atoms with E-state index in [-0.39, 0.29) is 11.8 Å². The molecule has 0 aliphatic heterocycles. The molecule has 0 saturated heterocycles. The molecule has 21 heavy (non-hydrogen) atoms. The van der Waals surface area contributed by atoms with E-state index in [1.54, 1.807) is 30.5 Å². The van der Waals surface area contributed by atoms with Gasteiger partial charge in [0, 0.05) is 11.6 Å². The van der Waals surface area contributed by atoms with E-state index in [0.717, 1.165) is 5.69 Å². The smallest absolute Gasteiger partial charge is 0.226 e. The maximum atomic E-state index is 11.6. The number of carbonyl (C=O) groups excluding carboxylic acids is 1. The van der Waals surface area contributed by atoms with E-state index < -0.39 is 0 Å². The van der Waals surface area contributed by atoms with Gasteiger partial charge in [-0.2, -0.15) is 0 Å². The van der Waals surface area contributed by atoms with Gasteiger partial charge in [0.1, 0.15) is 5.82 Å². The van der Waals surface area contributed by atoms with Gasteiger partial charge in [-0.25, -0.2) is 4.98 Å². The summed E-state index contributed by atoms with van der Waals surface area (Å²) >= 11 is 11.8. The molecule has 0 radical (unpaired) electrons. The molecule has 0 fully saturated rings. The number of pyridine rings is 1. The number of hydrogen-bond donors (Lipinski definition) is 2. The van der Waals surface area contributed by atoms with Gasteiger partial charge in [0.25, 0.3) is 0 Å². The van der Waals surface area contributed by atoms with Gasteiger partial charge in [0.15, 0.2) is 0 Å². The van der Waals surface area contributed by atoms with E-state index in [2.05, 4.69) is 15.6 Å². The molecule has 0 atom stereocenters. The number of aromatic nitrogens is 1. The van der Waals surface area contributed by atoms with Crippen molar-refractivity contribution in [3.8, 4) is 0 Å². The molecular weight excluding hydrogens is 309 g/mol. The number of nitrogens with one attached hydrogen (secondary N) is 2. The first kappa shape index (κ1) is 15.6. The van der Waals surface area contributed by atoms with Crippen molar-refractivity contribution < 1.29 is 4.79 Å². The molecule has 1 aromatic carbocycles. The average molecular weight is 324 g/mol. The van der Waals surface area contributed by atoms with Crippen molar-refractivity contribution >= 4 is 46.3 Å². The van der Waals surface area contributed by atoms with E-state index in [0.29, 0.717) is 21.6 Å². The van der Waals surface area contributed by atoms with Gasteiger partial charge < -0.3 is 10.6 Å². The van der Waals surface area contributed by atoms with E-state index in [4.69, 9.17) is 23.2 Å². The van der Waals surface area contributed by atoms with E-state index in [1.807, 2.05) is 19.9 Å². The molecule has 2 rings (SSSR count). The second-order valence-corrected chi connectivity index (χ2v) is 5.64. The lowest BCUT2D eigenvalue weighted by atomic mass is 10.2. The molecule has 4 nitrogen and oxygen atoms in total. The molecule has 1 aromatic heterocycles. The summed E-state index contributed by atoms with van der Waals surface area (Å²) in [4.78, 5) is 15.8. The first-order valence-electron chi connectivity index (χ1n) is 6.44. The number of nitrogens with zero attached hydrogens (tertiary/aromatic N) is 1. The molecule has 0 bridgehead atoms. The second-order valence-electron chi connectivity index (χ2n) is 4.83. The summed E-state index contributed by atoms with van der Waals surface area (Å²) in [7, 11) is 0. The maximum absolute atomic E-state index is 11.6. The van der Waals surface area contributed by atoms with Crippen LogP contribution in [0.3, 0.4) is 0 Å². The molecular formula is C15H15Cl2N3O. The predicted octanol–water partition coefficient (Wildman–Crippen LogP) is 4.73. The van der Waals surface area contributed by atoms with E-state index >= 15 is 0 Å². The largest absolute Gasteiger partial charge is 0.340 e. The van der Waals surface area contributed by atoms with Crippen LogP contribution < -0.4 is 10.6 Å². The van der Waals surface area contributed by atoms with Crippen LogP contribution in [0.1, 0.15) is 13.8 Å². The van der Waals surface area contributed by atoms with Gasteiger partial charge in [0.2, 0.25) is 5.91 Å². The van der Waals surface area contributed by atoms with Crippen LogP contribution in [-0.4, -0.2) is 10.9 Å². The molecule has 6 heteroatoms. The predicted molar refractivity (Wildman–Crippen MR) is 87.4 cm³/mol. The van der Waals surface area contributed by atoms with Crippen LogP contribution in [-0.2, 0) is 4.79 Å². The molecule has 0 saturated carbocycles. The highest BCUT2D eigenvalue weighted by Gasteiger charge is 2.07. The highest BCUT2D eigenvalue weighted by molar-refractivity contribution is 6.42. The highest BCUT2D eigenvalue weighted by Crippen LogP contribution is 2.26. The van der Waals surface area contributed by atoms with Crippen molar-refractivity contribution in [1.82, 2.24) is 4.98 Å². The van der Waals surface area contributed by atoms with Crippen molar-refractivity contribution in [3.63, 3.8) is 0 Å². The molecule has 0 unspecified atom stereocenters. The van der Waals surface area contributed by atoms with Crippen LogP contribution >= 0.6 is 23.2 Å². The fraction of sp³-hybridized carbons (Fsp3) is 0.200. The molecule has 1 heterocycles. The Morgan fingerprint density at radius 3 is 2.38 bits per heavy atom. The molecule has 1 amide bonds. The first-order chi connectivity index (χ1) is 9.95. The third-order valence-corrected chi connectivity index (χ3v) is 3.49. The standard InChI is InChI=1S/C15H15Cl2N3O/c1-9(2)15(21)20-11-4-6-14(18-8-11)19-10-3-5-12(16)13(17)7-10/h3-9H,1-2H3,(H,18,19)(H,20,21). The van der Waals surface area contributed by atoms with Crippen molar-refractivity contribution in [2.24, 2.45) is 5.92 Å². The third kappa shape index (κ3) is 4.34. The second kappa shape index (κ2) is 6.78. The Bertz CT molecular complexity index is 642. The van der Waals surface area contributed by atoms with Crippen molar-refractivity contribution in [1.29, 1.82) is 0 Å². The number of hydrogen-bond acceptors (Lipinski definition) is 3. The van der Waals surface area contributed by atoms with Crippen LogP contribution in [0.2, 0.25) is 10.0 Å². The number of rotatable bonds is 4. The summed E-state index contributed by atoms with van der Waals surface area (Å²) in [5.74, 6) is 0.539. The van der Waals surface area contributed by atoms with Gasteiger partial charge in [0.05, 0.1) is 21.9 Å². The van der Waals surface area contributed by atoms with E-state index in [1.165, 1.54) is 0 Å². The third-order valence-electron chi connectivity index (χ3n) is 2.75. The summed E-state index contributed by atoms with van der Waals surface area (Å²) in [6.45, 7) is 3.67. The molecule has 0 aliphatic carbocycles. The van der Waals surface area contributed by atoms with Crippen molar-refractivity contribution in [2.75, 3.05) is 10.6 Å². The Morgan fingerprint density at radius 1 is 1.10 bits per heavy atom. The zero-order valence-electron chi connectivity index (χ0n) is 11.7. The van der Waals surface area contributed by atoms with Crippen molar-refractivity contribution in [3.05, 3.63) is 46.6 Å². The minimum atomic E-state index is -0.0704. The van der Waals surface area contributed by atoms with Crippen LogP contribution in [0, 0.1) is 5.92 Å². The summed E-state index contributed by atoms with van der Waals surface area (Å²) in [6, 6.07) is 8.80. The summed E-state index contributed by atoms with van der Waals surface area (Å²) in [5, 5.41) is 6.87. The van der Waals surface area contributed by atoms with Crippen LogP contribution in [0.15, 0.2) is 36.5 Å². The van der Waals surface area contributed by atoms with Crippen LogP contribution in [0.25, 0.3) is 0 Å². The lowest BCUT2D eigenvalue weighted by Crippen LogP contribution is -2.17. The number of anilines is 3. The quantitative estimate of drug-likeness (QED) is 0.855. The minimum absolute atomic E-state index is 0.0398. The maximum Gasteiger partial charge on any atom is 0.226 e. The fourth-order valence-electron chi connectivity index (χ4n) is 1.55. The SMILES string of the molecule is CC(C)C(=O)Nc1ccc(Nc2ccc(Cl)c(Cl)c2)nc1. The normalized spacial score (nSPS) is 10.5. The van der Waals surface area contributed by atoms with Crippen molar-refractivity contribution in [2.45, 2.75) is 13.8 Å². The Hall–Kier alpha value is -1.78. The summed E-state index contributed by atoms with van der Waals surface area (Å²) < 4.78 is 0. The van der Waals surface area contributed by atoms with Crippen LogP contribution in [0.4, 0.5) is 17.2 Å². The van der Waals surface area contributed by atoms with Gasteiger partial charge in [-0.15, -0.1) is 0 Å². The monoisotopic (exact) mass is 323 g/mol. The Morgan fingerprint density at radius 2 is 1.81 bits per heavy atom. The molecule has 2 N–H and O–H groups in total. The fourth-order valence-corrected chi connectivity index (χ4v) is 1.85. The summed E-state index contributed by atoms with van der Waals surface area (Å²) in [5.41, 5.74) is 1.45. The zero-order valence-corrected chi connectivity index (χ0v) is 13.2. The lowest BCUT2D eigenvalue weighted by Gasteiger charge is -2.09. The number of benzene rings is 1. The zero-order chi connectivity index (χ0) is 15.4. The Labute approximate surface area is 133 Å². The molecule has 2 aromatic rings. The number of amides is 1. The average Bonchev–Trinajstić information content (AvgIpc) is 2.45. The van der Waals surface area contributed by atoms with Gasteiger partial charge in [-0.3, -0.25) is 4.79 Å². The Balaban J connectivity index is 2.05. The van der Waals surface area contributed by atoms with E-state index in [9.17, 15) is 4.79 Å². The van der Waals surface area contributed by atoms with Gasteiger partial charge in [-0.05, 0) is 30.3 Å². The highest BCUT2D eigenvalue weighted by atomic mass is 35.5. The minimum Gasteiger partial charge on any atom is -0.340 e. The number of carbonyl (C=O) groups is 1.